The second-order valence-corrected chi connectivity index (χ2v) is 4.76. The van der Waals surface area contributed by atoms with Gasteiger partial charge in [0.15, 0.2) is 17.3 Å². The van der Waals surface area contributed by atoms with E-state index >= 15 is 0 Å². The molecule has 0 amide bonds. The van der Waals surface area contributed by atoms with Crippen molar-refractivity contribution in [2.24, 2.45) is 0 Å². The number of benzene rings is 1. The molecular formula is C14H17BrO5. The van der Waals surface area contributed by atoms with Crippen LogP contribution in [0.1, 0.15) is 19.8 Å². The number of para-hydroxylation sites is 1. The lowest BCUT2D eigenvalue weighted by molar-refractivity contribution is -0.144. The number of ketones is 1. The molecule has 0 aliphatic rings. The average molecular weight is 345 g/mol. The van der Waals surface area contributed by atoms with Crippen molar-refractivity contribution in [2.75, 3.05) is 20.3 Å². The number of esters is 1. The third-order valence-corrected chi connectivity index (χ3v) is 3.07. The van der Waals surface area contributed by atoms with Crippen molar-refractivity contribution in [2.45, 2.75) is 19.8 Å². The van der Waals surface area contributed by atoms with Crippen molar-refractivity contribution in [3.05, 3.63) is 22.7 Å². The molecule has 110 valence electrons. The highest BCUT2D eigenvalue weighted by Gasteiger charge is 2.12. The number of carbonyl (C=O) groups excluding carboxylic acids is 2. The van der Waals surface area contributed by atoms with Crippen LogP contribution in [-0.2, 0) is 14.3 Å². The number of hydrogen-bond donors (Lipinski definition) is 0. The lowest BCUT2D eigenvalue weighted by Crippen LogP contribution is -2.14. The SMILES string of the molecule is CCOC(=O)CCC(=O)COc1c(Br)cccc1OC. The molecule has 0 aliphatic carbocycles. The van der Waals surface area contributed by atoms with Crippen LogP contribution < -0.4 is 9.47 Å². The van der Waals surface area contributed by atoms with Crippen molar-refractivity contribution in [1.29, 1.82) is 0 Å². The van der Waals surface area contributed by atoms with E-state index in [-0.39, 0.29) is 31.2 Å². The van der Waals surface area contributed by atoms with Gasteiger partial charge in [-0.15, -0.1) is 0 Å². The van der Waals surface area contributed by atoms with Gasteiger partial charge in [-0.1, -0.05) is 6.07 Å². The number of halogens is 1. The molecule has 1 aromatic rings. The van der Waals surface area contributed by atoms with Crippen molar-refractivity contribution in [3.8, 4) is 11.5 Å². The third-order valence-electron chi connectivity index (χ3n) is 2.44. The predicted octanol–water partition coefficient (Wildman–Crippen LogP) is 2.75. The Hall–Kier alpha value is -1.56. The number of methoxy groups -OCH3 is 1. The molecule has 0 aromatic heterocycles. The summed E-state index contributed by atoms with van der Waals surface area (Å²) in [7, 11) is 1.53. The maximum atomic E-state index is 11.6. The van der Waals surface area contributed by atoms with E-state index in [2.05, 4.69) is 15.9 Å². The third kappa shape index (κ3) is 5.21. The van der Waals surface area contributed by atoms with E-state index in [1.54, 1.807) is 25.1 Å². The van der Waals surface area contributed by atoms with Crippen molar-refractivity contribution < 1.29 is 23.8 Å². The smallest absolute Gasteiger partial charge is 0.306 e. The predicted molar refractivity (Wildman–Crippen MR) is 77.1 cm³/mol. The van der Waals surface area contributed by atoms with E-state index in [0.29, 0.717) is 22.6 Å². The van der Waals surface area contributed by atoms with E-state index in [4.69, 9.17) is 14.2 Å². The summed E-state index contributed by atoms with van der Waals surface area (Å²) < 4.78 is 16.0. The first kappa shape index (κ1) is 16.5. The van der Waals surface area contributed by atoms with Gasteiger partial charge in [0.2, 0.25) is 0 Å². The molecule has 0 bridgehead atoms. The molecule has 0 saturated carbocycles. The summed E-state index contributed by atoms with van der Waals surface area (Å²) in [6, 6.07) is 5.34. The second-order valence-electron chi connectivity index (χ2n) is 3.90. The number of rotatable bonds is 8. The van der Waals surface area contributed by atoms with E-state index in [1.165, 1.54) is 7.11 Å². The Morgan fingerprint density at radius 1 is 1.25 bits per heavy atom. The number of ether oxygens (including phenoxy) is 3. The molecular weight excluding hydrogens is 328 g/mol. The number of carbonyl (C=O) groups is 2. The summed E-state index contributed by atoms with van der Waals surface area (Å²) in [5.74, 6) is 0.465. The first-order valence-corrected chi connectivity index (χ1v) is 7.00. The van der Waals surface area contributed by atoms with Crippen LogP contribution >= 0.6 is 15.9 Å². The maximum Gasteiger partial charge on any atom is 0.306 e. The molecule has 5 nitrogen and oxygen atoms in total. The monoisotopic (exact) mass is 344 g/mol. The molecule has 0 saturated heterocycles. The van der Waals surface area contributed by atoms with Gasteiger partial charge in [0.25, 0.3) is 0 Å². The quantitative estimate of drug-likeness (QED) is 0.678. The normalized spacial score (nSPS) is 9.95. The zero-order valence-electron chi connectivity index (χ0n) is 11.5. The van der Waals surface area contributed by atoms with Crippen LogP contribution in [0.25, 0.3) is 0 Å². The second kappa shape index (κ2) is 8.58. The molecule has 0 radical (unpaired) electrons. The van der Waals surface area contributed by atoms with Gasteiger partial charge >= 0.3 is 5.97 Å². The fraction of sp³-hybridized carbons (Fsp3) is 0.429. The Morgan fingerprint density at radius 3 is 2.65 bits per heavy atom. The van der Waals surface area contributed by atoms with Crippen molar-refractivity contribution in [3.63, 3.8) is 0 Å². The topological polar surface area (TPSA) is 61.8 Å². The van der Waals surface area contributed by atoms with E-state index in [0.717, 1.165) is 0 Å². The minimum Gasteiger partial charge on any atom is -0.493 e. The first-order valence-electron chi connectivity index (χ1n) is 6.21. The molecule has 0 unspecified atom stereocenters. The minimum atomic E-state index is -0.376. The zero-order chi connectivity index (χ0) is 15.0. The average Bonchev–Trinajstić information content (AvgIpc) is 2.43. The number of hydrogen-bond acceptors (Lipinski definition) is 5. The summed E-state index contributed by atoms with van der Waals surface area (Å²) >= 11 is 3.33. The lowest BCUT2D eigenvalue weighted by atomic mass is 10.2. The lowest BCUT2D eigenvalue weighted by Gasteiger charge is -2.11. The maximum absolute atomic E-state index is 11.6. The number of Topliss-reactive ketones (excluding diaryl/α,β-unsaturated/α-hetero) is 1. The van der Waals surface area contributed by atoms with Gasteiger partial charge in [-0.05, 0) is 35.0 Å². The Labute approximate surface area is 126 Å². The Balaban J connectivity index is 2.47. The standard InChI is InChI=1S/C14H17BrO5/c1-3-19-13(17)8-7-10(16)9-20-14-11(15)5-4-6-12(14)18-2/h4-6H,3,7-9H2,1-2H3. The molecule has 0 N–H and O–H groups in total. The van der Waals surface area contributed by atoms with E-state index < -0.39 is 0 Å². The molecule has 20 heavy (non-hydrogen) atoms. The summed E-state index contributed by atoms with van der Waals surface area (Å²) in [4.78, 5) is 22.8. The van der Waals surface area contributed by atoms with Crippen LogP contribution in [0.2, 0.25) is 0 Å². The van der Waals surface area contributed by atoms with Crippen LogP contribution in [0.15, 0.2) is 22.7 Å². The molecule has 0 heterocycles. The fourth-order valence-electron chi connectivity index (χ4n) is 1.49. The van der Waals surface area contributed by atoms with Crippen LogP contribution in [0.3, 0.4) is 0 Å². The van der Waals surface area contributed by atoms with Crippen LogP contribution in [0, 0.1) is 0 Å². The Bertz CT molecular complexity index is 473. The van der Waals surface area contributed by atoms with Gasteiger partial charge in [-0.25, -0.2) is 0 Å². The Kier molecular flexibility index (Phi) is 7.08. The van der Waals surface area contributed by atoms with Gasteiger partial charge < -0.3 is 14.2 Å². The molecule has 0 spiro atoms. The molecule has 0 aliphatic heterocycles. The first-order chi connectivity index (χ1) is 9.58. The van der Waals surface area contributed by atoms with Crippen LogP contribution in [0.5, 0.6) is 11.5 Å². The van der Waals surface area contributed by atoms with Crippen LogP contribution in [0.4, 0.5) is 0 Å². The molecule has 0 fully saturated rings. The van der Waals surface area contributed by atoms with Gasteiger partial charge in [-0.2, -0.15) is 0 Å². The van der Waals surface area contributed by atoms with Gasteiger partial charge in [0, 0.05) is 6.42 Å². The van der Waals surface area contributed by atoms with E-state index in [9.17, 15) is 9.59 Å². The molecule has 6 heteroatoms. The summed E-state index contributed by atoms with van der Waals surface area (Å²) in [5.41, 5.74) is 0. The summed E-state index contributed by atoms with van der Waals surface area (Å²) in [6.07, 6.45) is 0.175. The highest BCUT2D eigenvalue weighted by Crippen LogP contribution is 2.34. The van der Waals surface area contributed by atoms with Crippen molar-refractivity contribution in [1.82, 2.24) is 0 Å². The molecule has 1 aromatic carbocycles. The fourth-order valence-corrected chi connectivity index (χ4v) is 1.95. The summed E-state index contributed by atoms with van der Waals surface area (Å²) in [6.45, 7) is 1.93. The van der Waals surface area contributed by atoms with Crippen molar-refractivity contribution >= 4 is 27.7 Å². The van der Waals surface area contributed by atoms with Gasteiger partial charge in [0.1, 0.15) is 6.61 Å². The highest BCUT2D eigenvalue weighted by molar-refractivity contribution is 9.10. The highest BCUT2D eigenvalue weighted by atomic mass is 79.9. The molecule has 1 rings (SSSR count). The zero-order valence-corrected chi connectivity index (χ0v) is 13.1. The van der Waals surface area contributed by atoms with Gasteiger partial charge in [0.05, 0.1) is 24.6 Å². The van der Waals surface area contributed by atoms with Gasteiger partial charge in [-0.3, -0.25) is 9.59 Å². The largest absolute Gasteiger partial charge is 0.493 e. The summed E-state index contributed by atoms with van der Waals surface area (Å²) in [5, 5.41) is 0. The minimum absolute atomic E-state index is 0.0725. The Morgan fingerprint density at radius 2 is 2.00 bits per heavy atom. The van der Waals surface area contributed by atoms with E-state index in [1.807, 2.05) is 0 Å². The van der Waals surface area contributed by atoms with Crippen LogP contribution in [-0.4, -0.2) is 32.1 Å². The molecule has 0 atom stereocenters.